The number of rotatable bonds is 3. The molecule has 116 valence electrons. The highest BCUT2D eigenvalue weighted by Crippen LogP contribution is 2.11. The molecule has 0 saturated carbocycles. The number of nitrogens with one attached hydrogen (secondary N) is 3. The average molecular weight is 303 g/mol. The molecule has 0 spiro atoms. The molecule has 0 aliphatic carbocycles. The fourth-order valence-corrected chi connectivity index (χ4v) is 2.04. The Kier molecular flexibility index (Phi) is 4.40. The highest BCUT2D eigenvalue weighted by atomic mass is 16.2. The maximum Gasteiger partial charge on any atom is 0.288 e. The van der Waals surface area contributed by atoms with Crippen LogP contribution in [0.1, 0.15) is 30.0 Å². The Balaban J connectivity index is 2.07. The third-order valence-electron chi connectivity index (χ3n) is 3.03. The van der Waals surface area contributed by atoms with Crippen LogP contribution in [0.25, 0.3) is 5.65 Å². The zero-order chi connectivity index (χ0) is 16.3. The summed E-state index contributed by atoms with van der Waals surface area (Å²) >= 11 is 0. The Morgan fingerprint density at radius 3 is 2.64 bits per heavy atom. The number of aromatic nitrogens is 2. The van der Waals surface area contributed by atoms with Gasteiger partial charge in [-0.3, -0.25) is 29.6 Å². The van der Waals surface area contributed by atoms with Gasteiger partial charge in [0, 0.05) is 13.1 Å². The van der Waals surface area contributed by atoms with Gasteiger partial charge in [0.2, 0.25) is 5.91 Å². The lowest BCUT2D eigenvalue weighted by molar-refractivity contribution is -0.128. The van der Waals surface area contributed by atoms with Crippen molar-refractivity contribution in [2.45, 2.75) is 26.8 Å². The Labute approximate surface area is 126 Å². The molecule has 0 aromatic carbocycles. The number of hydrogen-bond acceptors (Lipinski definition) is 4. The van der Waals surface area contributed by atoms with E-state index in [1.54, 1.807) is 29.7 Å². The van der Waals surface area contributed by atoms with E-state index >= 15 is 0 Å². The van der Waals surface area contributed by atoms with Crippen LogP contribution in [-0.4, -0.2) is 33.1 Å². The van der Waals surface area contributed by atoms with E-state index in [0.717, 1.165) is 0 Å². The molecule has 2 rings (SSSR count). The number of hydrazine groups is 1. The largest absolute Gasteiger partial charge is 0.345 e. The Bertz CT molecular complexity index is 737. The van der Waals surface area contributed by atoms with Gasteiger partial charge in [-0.1, -0.05) is 6.07 Å². The molecule has 0 saturated heterocycles. The Hall–Kier alpha value is -2.90. The highest BCUT2D eigenvalue weighted by molar-refractivity contribution is 5.96. The standard InChI is InChI=1S/C14H17N5O3/c1-8-12(19-7-5-4-6-11(19)16-8)14(22)18-17-13(21)9(2)15-10(3)20/h4-7,9H,1-3H3,(H,15,20)(H,17,21)(H,18,22). The minimum atomic E-state index is -0.749. The summed E-state index contributed by atoms with van der Waals surface area (Å²) in [4.78, 5) is 39.1. The molecule has 2 aromatic rings. The number of nitrogens with zero attached hydrogens (tertiary/aromatic N) is 2. The third kappa shape index (κ3) is 3.22. The molecule has 8 nitrogen and oxygen atoms in total. The highest BCUT2D eigenvalue weighted by Gasteiger charge is 2.18. The number of imidazole rings is 1. The van der Waals surface area contributed by atoms with Crippen molar-refractivity contribution in [3.8, 4) is 0 Å². The molecular formula is C14H17N5O3. The van der Waals surface area contributed by atoms with Crippen LogP contribution in [-0.2, 0) is 9.59 Å². The number of pyridine rings is 1. The van der Waals surface area contributed by atoms with Crippen LogP contribution >= 0.6 is 0 Å². The second-order valence-electron chi connectivity index (χ2n) is 4.84. The summed E-state index contributed by atoms with van der Waals surface area (Å²) in [5, 5.41) is 2.42. The lowest BCUT2D eigenvalue weighted by Crippen LogP contribution is -2.51. The van der Waals surface area contributed by atoms with Gasteiger partial charge in [-0.15, -0.1) is 0 Å². The van der Waals surface area contributed by atoms with E-state index < -0.39 is 17.9 Å². The molecule has 8 heteroatoms. The van der Waals surface area contributed by atoms with E-state index in [9.17, 15) is 14.4 Å². The third-order valence-corrected chi connectivity index (χ3v) is 3.03. The molecule has 1 unspecified atom stereocenters. The van der Waals surface area contributed by atoms with Crippen molar-refractivity contribution in [3.63, 3.8) is 0 Å². The fraction of sp³-hybridized carbons (Fsp3) is 0.286. The molecule has 0 aliphatic heterocycles. The van der Waals surface area contributed by atoms with Crippen molar-refractivity contribution in [2.24, 2.45) is 0 Å². The number of amides is 3. The van der Waals surface area contributed by atoms with E-state index in [0.29, 0.717) is 17.0 Å². The zero-order valence-corrected chi connectivity index (χ0v) is 12.5. The molecule has 0 fully saturated rings. The first-order valence-electron chi connectivity index (χ1n) is 6.71. The summed E-state index contributed by atoms with van der Waals surface area (Å²) in [5.74, 6) is -1.33. The van der Waals surface area contributed by atoms with Crippen LogP contribution in [0.5, 0.6) is 0 Å². The summed E-state index contributed by atoms with van der Waals surface area (Å²) in [7, 11) is 0. The fourth-order valence-electron chi connectivity index (χ4n) is 2.04. The van der Waals surface area contributed by atoms with Crippen molar-refractivity contribution in [3.05, 3.63) is 35.8 Å². The predicted octanol–water partition coefficient (Wildman–Crippen LogP) is -0.0717. The molecule has 3 N–H and O–H groups in total. The minimum absolute atomic E-state index is 0.327. The topological polar surface area (TPSA) is 105 Å². The normalized spacial score (nSPS) is 11.8. The quantitative estimate of drug-likeness (QED) is 0.690. The van der Waals surface area contributed by atoms with Gasteiger partial charge in [0.15, 0.2) is 0 Å². The second-order valence-corrected chi connectivity index (χ2v) is 4.84. The number of fused-ring (bicyclic) bond motifs is 1. The monoisotopic (exact) mass is 303 g/mol. The van der Waals surface area contributed by atoms with Crippen LogP contribution in [0.2, 0.25) is 0 Å². The van der Waals surface area contributed by atoms with E-state index in [-0.39, 0.29) is 5.91 Å². The lowest BCUT2D eigenvalue weighted by atomic mass is 10.3. The molecule has 3 amide bonds. The zero-order valence-electron chi connectivity index (χ0n) is 12.5. The SMILES string of the molecule is CC(=O)NC(C)C(=O)NNC(=O)c1c(C)nc2ccccn12. The van der Waals surface area contributed by atoms with Crippen molar-refractivity contribution in [2.75, 3.05) is 0 Å². The van der Waals surface area contributed by atoms with E-state index in [4.69, 9.17) is 0 Å². The number of hydrogen-bond donors (Lipinski definition) is 3. The number of carbonyl (C=O) groups excluding carboxylic acids is 3. The first-order chi connectivity index (χ1) is 10.4. The van der Waals surface area contributed by atoms with E-state index in [1.807, 2.05) is 6.07 Å². The van der Waals surface area contributed by atoms with Crippen LogP contribution in [0.4, 0.5) is 0 Å². The Morgan fingerprint density at radius 2 is 1.95 bits per heavy atom. The van der Waals surface area contributed by atoms with Crippen LogP contribution in [0.15, 0.2) is 24.4 Å². The summed E-state index contributed by atoms with van der Waals surface area (Å²) in [6.07, 6.45) is 1.71. The van der Waals surface area contributed by atoms with Crippen LogP contribution in [0, 0.1) is 6.92 Å². The van der Waals surface area contributed by atoms with E-state index in [2.05, 4.69) is 21.2 Å². The maximum absolute atomic E-state index is 12.2. The first-order valence-corrected chi connectivity index (χ1v) is 6.71. The van der Waals surface area contributed by atoms with Crippen molar-refractivity contribution in [1.29, 1.82) is 0 Å². The minimum Gasteiger partial charge on any atom is -0.345 e. The lowest BCUT2D eigenvalue weighted by Gasteiger charge is -2.13. The summed E-state index contributed by atoms with van der Waals surface area (Å²) in [6.45, 7) is 4.54. The predicted molar refractivity (Wildman–Crippen MR) is 78.8 cm³/mol. The molecular weight excluding hydrogens is 286 g/mol. The van der Waals surface area contributed by atoms with Gasteiger partial charge in [-0.2, -0.15) is 0 Å². The molecule has 1 atom stereocenters. The van der Waals surface area contributed by atoms with Crippen molar-refractivity contribution < 1.29 is 14.4 Å². The van der Waals surface area contributed by atoms with Gasteiger partial charge in [0.25, 0.3) is 11.8 Å². The molecule has 0 bridgehead atoms. The molecule has 22 heavy (non-hydrogen) atoms. The number of carbonyl (C=O) groups is 3. The summed E-state index contributed by atoms with van der Waals surface area (Å²) in [6, 6.07) is 4.63. The molecule has 0 aliphatic rings. The Morgan fingerprint density at radius 1 is 1.23 bits per heavy atom. The van der Waals surface area contributed by atoms with Gasteiger partial charge in [0.1, 0.15) is 17.4 Å². The maximum atomic E-state index is 12.2. The second kappa shape index (κ2) is 6.25. The average Bonchev–Trinajstić information content (AvgIpc) is 2.79. The van der Waals surface area contributed by atoms with Gasteiger partial charge in [-0.05, 0) is 26.0 Å². The van der Waals surface area contributed by atoms with Crippen molar-refractivity contribution >= 4 is 23.4 Å². The van der Waals surface area contributed by atoms with Gasteiger partial charge >= 0.3 is 0 Å². The molecule has 2 aromatic heterocycles. The first kappa shape index (κ1) is 15.5. The van der Waals surface area contributed by atoms with Crippen LogP contribution < -0.4 is 16.2 Å². The summed E-state index contributed by atoms with van der Waals surface area (Å²) in [5.41, 5.74) is 6.12. The van der Waals surface area contributed by atoms with Crippen LogP contribution in [0.3, 0.4) is 0 Å². The van der Waals surface area contributed by atoms with Crippen molar-refractivity contribution in [1.82, 2.24) is 25.6 Å². The molecule has 0 radical (unpaired) electrons. The van der Waals surface area contributed by atoms with E-state index in [1.165, 1.54) is 13.8 Å². The smallest absolute Gasteiger partial charge is 0.288 e. The van der Waals surface area contributed by atoms with Gasteiger partial charge in [-0.25, -0.2) is 4.98 Å². The van der Waals surface area contributed by atoms with Gasteiger partial charge < -0.3 is 5.32 Å². The van der Waals surface area contributed by atoms with Gasteiger partial charge in [0.05, 0.1) is 5.69 Å². The summed E-state index contributed by atoms with van der Waals surface area (Å²) < 4.78 is 1.63. The number of aryl methyl sites for hydroxylation is 1. The molecule has 2 heterocycles.